The van der Waals surface area contributed by atoms with Crippen LogP contribution in [0.4, 0.5) is 11.5 Å². The molecule has 1 aromatic heterocycles. The Bertz CT molecular complexity index is 650. The van der Waals surface area contributed by atoms with Crippen LogP contribution < -0.4 is 11.1 Å². The summed E-state index contributed by atoms with van der Waals surface area (Å²) in [7, 11) is 0. The Morgan fingerprint density at radius 2 is 2.00 bits per heavy atom. The van der Waals surface area contributed by atoms with Crippen molar-refractivity contribution >= 4 is 28.7 Å². The lowest BCUT2D eigenvalue weighted by atomic mass is 10.1. The third-order valence-corrected chi connectivity index (χ3v) is 3.50. The van der Waals surface area contributed by atoms with Gasteiger partial charge in [0.1, 0.15) is 10.8 Å². The van der Waals surface area contributed by atoms with Gasteiger partial charge in [0, 0.05) is 11.4 Å². The van der Waals surface area contributed by atoms with Crippen molar-refractivity contribution in [2.45, 2.75) is 27.2 Å². The number of benzene rings is 1. The van der Waals surface area contributed by atoms with Crippen molar-refractivity contribution in [3.63, 3.8) is 0 Å². The molecule has 0 aliphatic carbocycles. The fraction of sp³-hybridized carbons (Fsp3) is 0.250. The van der Waals surface area contributed by atoms with Crippen LogP contribution in [-0.2, 0) is 6.42 Å². The molecule has 0 bridgehead atoms. The lowest BCUT2D eigenvalue weighted by molar-refractivity contribution is 1.12. The Hall–Kier alpha value is -1.94. The molecule has 0 aliphatic rings. The highest BCUT2D eigenvalue weighted by Crippen LogP contribution is 2.26. The van der Waals surface area contributed by atoms with Crippen molar-refractivity contribution in [3.8, 4) is 0 Å². The summed E-state index contributed by atoms with van der Waals surface area (Å²) in [6.07, 6.45) is 0.957. The minimum Gasteiger partial charge on any atom is -0.389 e. The highest BCUT2D eigenvalue weighted by molar-refractivity contribution is 7.80. The Morgan fingerprint density at radius 1 is 1.25 bits per heavy atom. The van der Waals surface area contributed by atoms with E-state index in [4.69, 9.17) is 18.0 Å². The Kier molecular flexibility index (Phi) is 4.35. The zero-order valence-electron chi connectivity index (χ0n) is 12.0. The normalized spacial score (nSPS) is 10.3. The summed E-state index contributed by atoms with van der Waals surface area (Å²) in [6, 6.07) is 10.1. The van der Waals surface area contributed by atoms with Gasteiger partial charge in [-0.3, -0.25) is 0 Å². The molecule has 0 unspecified atom stereocenters. The summed E-state index contributed by atoms with van der Waals surface area (Å²) in [5, 5.41) is 3.40. The number of nitrogens with one attached hydrogen (secondary N) is 1. The number of nitrogens with zero attached hydrogens (tertiary/aromatic N) is 1. The molecule has 4 heteroatoms. The van der Waals surface area contributed by atoms with Gasteiger partial charge < -0.3 is 11.1 Å². The van der Waals surface area contributed by atoms with E-state index in [0.29, 0.717) is 4.99 Å². The van der Waals surface area contributed by atoms with E-state index in [-0.39, 0.29) is 0 Å². The molecule has 0 radical (unpaired) electrons. The van der Waals surface area contributed by atoms with Crippen molar-refractivity contribution < 1.29 is 0 Å². The van der Waals surface area contributed by atoms with Crippen molar-refractivity contribution in [2.75, 3.05) is 5.32 Å². The molecule has 1 heterocycles. The molecule has 0 saturated heterocycles. The van der Waals surface area contributed by atoms with Crippen LogP contribution in [0.15, 0.2) is 30.3 Å². The summed E-state index contributed by atoms with van der Waals surface area (Å²) in [6.45, 7) is 6.17. The molecule has 0 atom stereocenters. The van der Waals surface area contributed by atoms with E-state index in [2.05, 4.69) is 42.3 Å². The molecule has 20 heavy (non-hydrogen) atoms. The third-order valence-electron chi connectivity index (χ3n) is 3.28. The van der Waals surface area contributed by atoms with Crippen molar-refractivity contribution in [1.82, 2.24) is 4.98 Å². The molecular weight excluding hydrogens is 266 g/mol. The fourth-order valence-electron chi connectivity index (χ4n) is 2.17. The maximum atomic E-state index is 5.78. The predicted molar refractivity (Wildman–Crippen MR) is 88.7 cm³/mol. The SMILES string of the molecule is CCc1cccc(C)c1Nc1nc(C)ccc1C(N)=S. The van der Waals surface area contributed by atoms with E-state index in [0.717, 1.165) is 29.2 Å². The van der Waals surface area contributed by atoms with Gasteiger partial charge in [-0.1, -0.05) is 37.3 Å². The maximum absolute atomic E-state index is 5.78. The largest absolute Gasteiger partial charge is 0.389 e. The number of anilines is 2. The predicted octanol–water partition coefficient (Wildman–Crippen LogP) is 3.64. The van der Waals surface area contributed by atoms with Crippen LogP contribution in [-0.4, -0.2) is 9.97 Å². The zero-order valence-corrected chi connectivity index (χ0v) is 12.8. The van der Waals surface area contributed by atoms with Crippen LogP contribution in [0.1, 0.15) is 29.3 Å². The van der Waals surface area contributed by atoms with Crippen LogP contribution >= 0.6 is 12.2 Å². The van der Waals surface area contributed by atoms with Gasteiger partial charge in [-0.15, -0.1) is 0 Å². The molecular formula is C16H19N3S. The zero-order chi connectivity index (χ0) is 14.7. The molecule has 0 amide bonds. The molecule has 3 N–H and O–H groups in total. The monoisotopic (exact) mass is 285 g/mol. The van der Waals surface area contributed by atoms with Crippen molar-refractivity contribution in [2.24, 2.45) is 5.73 Å². The number of thiocarbonyl (C=S) groups is 1. The van der Waals surface area contributed by atoms with Gasteiger partial charge in [-0.2, -0.15) is 0 Å². The number of aromatic nitrogens is 1. The number of aryl methyl sites for hydroxylation is 3. The molecule has 0 fully saturated rings. The van der Waals surface area contributed by atoms with Crippen LogP contribution in [0, 0.1) is 13.8 Å². The number of pyridine rings is 1. The standard InChI is InChI=1S/C16H19N3S/c1-4-12-7-5-6-10(2)14(12)19-16-13(15(17)20)9-8-11(3)18-16/h5-9H,4H2,1-3H3,(H2,17,20)(H,18,19). The van der Waals surface area contributed by atoms with E-state index < -0.39 is 0 Å². The molecule has 0 aliphatic heterocycles. The minimum atomic E-state index is 0.353. The Morgan fingerprint density at radius 3 is 2.65 bits per heavy atom. The first kappa shape index (κ1) is 14.5. The quantitative estimate of drug-likeness (QED) is 0.842. The Balaban J connectivity index is 2.50. The first-order chi connectivity index (χ1) is 9.52. The number of hydrogen-bond donors (Lipinski definition) is 2. The van der Waals surface area contributed by atoms with E-state index in [9.17, 15) is 0 Å². The van der Waals surface area contributed by atoms with E-state index in [1.165, 1.54) is 11.1 Å². The van der Waals surface area contributed by atoms with Crippen LogP contribution in [0.3, 0.4) is 0 Å². The van der Waals surface area contributed by atoms with Crippen LogP contribution in [0.2, 0.25) is 0 Å². The van der Waals surface area contributed by atoms with Gasteiger partial charge in [0.15, 0.2) is 0 Å². The molecule has 0 spiro atoms. The first-order valence-electron chi connectivity index (χ1n) is 6.66. The van der Waals surface area contributed by atoms with Gasteiger partial charge in [0.05, 0.1) is 5.56 Å². The number of para-hydroxylation sites is 1. The Labute approximate surface area is 125 Å². The smallest absolute Gasteiger partial charge is 0.140 e. The highest BCUT2D eigenvalue weighted by Gasteiger charge is 2.11. The number of rotatable bonds is 4. The molecule has 0 saturated carbocycles. The summed E-state index contributed by atoms with van der Waals surface area (Å²) in [5.41, 5.74) is 11.0. The van der Waals surface area contributed by atoms with E-state index >= 15 is 0 Å². The topological polar surface area (TPSA) is 50.9 Å². The summed E-state index contributed by atoms with van der Waals surface area (Å²) in [5.74, 6) is 0.724. The summed E-state index contributed by atoms with van der Waals surface area (Å²) >= 11 is 5.10. The van der Waals surface area contributed by atoms with Crippen molar-refractivity contribution in [1.29, 1.82) is 0 Å². The molecule has 2 aromatic rings. The van der Waals surface area contributed by atoms with E-state index in [1.807, 2.05) is 19.1 Å². The molecule has 3 nitrogen and oxygen atoms in total. The lowest BCUT2D eigenvalue weighted by Gasteiger charge is -2.16. The second-order valence-corrected chi connectivity index (χ2v) is 5.24. The average Bonchev–Trinajstić information content (AvgIpc) is 2.40. The number of hydrogen-bond acceptors (Lipinski definition) is 3. The molecule has 104 valence electrons. The minimum absolute atomic E-state index is 0.353. The van der Waals surface area contributed by atoms with E-state index in [1.54, 1.807) is 0 Å². The van der Waals surface area contributed by atoms with Gasteiger partial charge in [-0.05, 0) is 43.5 Å². The first-order valence-corrected chi connectivity index (χ1v) is 7.06. The third kappa shape index (κ3) is 2.96. The van der Waals surface area contributed by atoms with Gasteiger partial charge >= 0.3 is 0 Å². The van der Waals surface area contributed by atoms with Crippen molar-refractivity contribution in [3.05, 3.63) is 52.7 Å². The average molecular weight is 285 g/mol. The van der Waals surface area contributed by atoms with Gasteiger partial charge in [0.25, 0.3) is 0 Å². The highest BCUT2D eigenvalue weighted by atomic mass is 32.1. The van der Waals surface area contributed by atoms with Gasteiger partial charge in [-0.25, -0.2) is 4.98 Å². The number of nitrogens with two attached hydrogens (primary N) is 1. The summed E-state index contributed by atoms with van der Waals surface area (Å²) < 4.78 is 0. The molecule has 1 aromatic carbocycles. The van der Waals surface area contributed by atoms with Crippen LogP contribution in [0.5, 0.6) is 0 Å². The van der Waals surface area contributed by atoms with Crippen LogP contribution in [0.25, 0.3) is 0 Å². The van der Waals surface area contributed by atoms with Gasteiger partial charge in [0.2, 0.25) is 0 Å². The maximum Gasteiger partial charge on any atom is 0.140 e. The fourth-order valence-corrected chi connectivity index (χ4v) is 2.34. The lowest BCUT2D eigenvalue weighted by Crippen LogP contribution is -2.14. The summed E-state index contributed by atoms with van der Waals surface area (Å²) in [4.78, 5) is 4.88. The second kappa shape index (κ2) is 6.01. The second-order valence-electron chi connectivity index (χ2n) is 4.80. The molecule has 2 rings (SSSR count).